The van der Waals surface area contributed by atoms with E-state index in [-0.39, 0.29) is 4.21 Å². The molecule has 0 radical (unpaired) electrons. The standard InChI is InChI=1S/C12H11BrClNO3S2/c1-2-18-9-5-3-4-8(6-9)15-20(16,17)11-7-10(14)12(13)19-11/h3-7,15H,2H2,1H3. The molecule has 20 heavy (non-hydrogen) atoms. The number of ether oxygens (including phenoxy) is 1. The van der Waals surface area contributed by atoms with Crippen LogP contribution in [-0.4, -0.2) is 15.0 Å². The first-order chi connectivity index (χ1) is 9.42. The monoisotopic (exact) mass is 395 g/mol. The first kappa shape index (κ1) is 15.6. The van der Waals surface area contributed by atoms with Gasteiger partial charge in [-0.15, -0.1) is 11.3 Å². The quantitative estimate of drug-likeness (QED) is 0.817. The van der Waals surface area contributed by atoms with Crippen LogP contribution in [0.4, 0.5) is 5.69 Å². The fourth-order valence-corrected chi connectivity index (χ4v) is 4.93. The molecule has 1 N–H and O–H groups in total. The summed E-state index contributed by atoms with van der Waals surface area (Å²) in [5.74, 6) is 0.609. The molecule has 2 rings (SSSR count). The Morgan fingerprint density at radius 2 is 2.15 bits per heavy atom. The summed E-state index contributed by atoms with van der Waals surface area (Å²) in [6.07, 6.45) is 0. The van der Waals surface area contributed by atoms with Crippen LogP contribution >= 0.6 is 38.9 Å². The van der Waals surface area contributed by atoms with Gasteiger partial charge in [0.05, 0.1) is 21.1 Å². The van der Waals surface area contributed by atoms with E-state index < -0.39 is 10.0 Å². The normalized spacial score (nSPS) is 11.3. The van der Waals surface area contributed by atoms with Crippen LogP contribution in [0.15, 0.2) is 38.3 Å². The third-order valence-corrected chi connectivity index (χ3v) is 6.61. The van der Waals surface area contributed by atoms with Gasteiger partial charge in [-0.3, -0.25) is 4.72 Å². The fraction of sp³-hybridized carbons (Fsp3) is 0.167. The minimum absolute atomic E-state index is 0.149. The molecule has 0 saturated heterocycles. The highest BCUT2D eigenvalue weighted by atomic mass is 79.9. The minimum atomic E-state index is -3.65. The van der Waals surface area contributed by atoms with E-state index in [9.17, 15) is 8.42 Å². The summed E-state index contributed by atoms with van der Waals surface area (Å²) in [4.78, 5) is 0. The second-order valence-corrected chi connectivity index (χ2v) is 8.44. The summed E-state index contributed by atoms with van der Waals surface area (Å²) in [5, 5.41) is 0.374. The van der Waals surface area contributed by atoms with E-state index in [1.165, 1.54) is 6.07 Å². The van der Waals surface area contributed by atoms with Gasteiger partial charge in [-0.2, -0.15) is 0 Å². The number of halogens is 2. The maximum Gasteiger partial charge on any atom is 0.271 e. The van der Waals surface area contributed by atoms with Crippen molar-refractivity contribution >= 4 is 54.6 Å². The lowest BCUT2D eigenvalue weighted by Gasteiger charge is -2.08. The average Bonchev–Trinajstić information content (AvgIpc) is 2.71. The molecular weight excluding hydrogens is 386 g/mol. The number of hydrogen-bond acceptors (Lipinski definition) is 4. The molecule has 108 valence electrons. The predicted molar refractivity (Wildman–Crippen MR) is 85.4 cm³/mol. The number of anilines is 1. The van der Waals surface area contributed by atoms with Crippen LogP contribution in [-0.2, 0) is 10.0 Å². The van der Waals surface area contributed by atoms with Gasteiger partial charge < -0.3 is 4.74 Å². The summed E-state index contributed by atoms with van der Waals surface area (Å²) >= 11 is 10.1. The molecule has 0 saturated carbocycles. The van der Waals surface area contributed by atoms with Gasteiger partial charge in [0, 0.05) is 6.07 Å². The Morgan fingerprint density at radius 1 is 1.40 bits per heavy atom. The van der Waals surface area contributed by atoms with Crippen LogP contribution in [0, 0.1) is 0 Å². The summed E-state index contributed by atoms with van der Waals surface area (Å²) in [5.41, 5.74) is 0.441. The zero-order chi connectivity index (χ0) is 14.8. The Hall–Kier alpha value is -0.760. The second kappa shape index (κ2) is 6.34. The van der Waals surface area contributed by atoms with E-state index in [2.05, 4.69) is 20.7 Å². The molecule has 0 bridgehead atoms. The molecule has 0 aliphatic heterocycles. The molecule has 0 unspecified atom stereocenters. The van der Waals surface area contributed by atoms with Gasteiger partial charge in [0.15, 0.2) is 0 Å². The fourth-order valence-electron chi connectivity index (χ4n) is 1.48. The number of nitrogens with one attached hydrogen (secondary N) is 1. The molecule has 0 aliphatic carbocycles. The Morgan fingerprint density at radius 3 is 2.75 bits per heavy atom. The van der Waals surface area contributed by atoms with Gasteiger partial charge in [0.2, 0.25) is 0 Å². The van der Waals surface area contributed by atoms with Crippen molar-refractivity contribution in [1.29, 1.82) is 0 Å². The van der Waals surface area contributed by atoms with Gasteiger partial charge >= 0.3 is 0 Å². The molecule has 0 atom stereocenters. The predicted octanol–water partition coefficient (Wildman–Crippen LogP) is 4.36. The van der Waals surface area contributed by atoms with E-state index in [1.807, 2.05) is 6.92 Å². The number of thiophene rings is 1. The molecular formula is C12H11BrClNO3S2. The average molecular weight is 397 g/mol. The van der Waals surface area contributed by atoms with Crippen molar-refractivity contribution in [3.63, 3.8) is 0 Å². The molecule has 1 aromatic carbocycles. The summed E-state index contributed by atoms with van der Waals surface area (Å²) in [6, 6.07) is 8.18. The van der Waals surface area contributed by atoms with Crippen molar-refractivity contribution in [1.82, 2.24) is 0 Å². The zero-order valence-corrected chi connectivity index (χ0v) is 14.4. The number of sulfonamides is 1. The van der Waals surface area contributed by atoms with E-state index >= 15 is 0 Å². The number of rotatable bonds is 5. The maximum absolute atomic E-state index is 12.2. The topological polar surface area (TPSA) is 55.4 Å². The van der Waals surface area contributed by atoms with Crippen LogP contribution in [0.1, 0.15) is 6.92 Å². The molecule has 1 aromatic heterocycles. The highest BCUT2D eigenvalue weighted by Gasteiger charge is 2.19. The first-order valence-corrected chi connectivity index (χ1v) is 9.10. The van der Waals surface area contributed by atoms with Gasteiger partial charge in [0.1, 0.15) is 9.96 Å². The van der Waals surface area contributed by atoms with Crippen molar-refractivity contribution in [2.45, 2.75) is 11.1 Å². The molecule has 0 fully saturated rings. The maximum atomic E-state index is 12.2. The van der Waals surface area contributed by atoms with Gasteiger partial charge in [-0.05, 0) is 41.1 Å². The van der Waals surface area contributed by atoms with Crippen molar-refractivity contribution in [3.05, 3.63) is 39.1 Å². The zero-order valence-electron chi connectivity index (χ0n) is 10.4. The number of benzene rings is 1. The summed E-state index contributed by atoms with van der Waals surface area (Å²) in [6.45, 7) is 2.38. The molecule has 0 amide bonds. The van der Waals surface area contributed by atoms with Crippen molar-refractivity contribution in [3.8, 4) is 5.75 Å². The molecule has 4 nitrogen and oxygen atoms in total. The van der Waals surface area contributed by atoms with E-state index in [1.54, 1.807) is 24.3 Å². The third-order valence-electron chi connectivity index (χ3n) is 2.28. The second-order valence-electron chi connectivity index (χ2n) is 3.75. The van der Waals surface area contributed by atoms with Gasteiger partial charge in [0.25, 0.3) is 10.0 Å². The molecule has 0 aliphatic rings. The van der Waals surface area contributed by atoms with Crippen LogP contribution in [0.2, 0.25) is 5.02 Å². The Kier molecular flexibility index (Phi) is 4.95. The summed E-state index contributed by atoms with van der Waals surface area (Å²) < 4.78 is 33.0. The Labute approximate surface area is 134 Å². The smallest absolute Gasteiger partial charge is 0.271 e. The van der Waals surface area contributed by atoms with Crippen LogP contribution in [0.3, 0.4) is 0 Å². The first-order valence-electron chi connectivity index (χ1n) is 5.63. The van der Waals surface area contributed by atoms with Crippen molar-refractivity contribution in [2.24, 2.45) is 0 Å². The van der Waals surface area contributed by atoms with E-state index in [4.69, 9.17) is 16.3 Å². The molecule has 8 heteroatoms. The number of hydrogen-bond donors (Lipinski definition) is 1. The van der Waals surface area contributed by atoms with Crippen molar-refractivity contribution in [2.75, 3.05) is 11.3 Å². The summed E-state index contributed by atoms with van der Waals surface area (Å²) in [7, 11) is -3.65. The molecule has 2 aromatic rings. The van der Waals surface area contributed by atoms with Crippen LogP contribution in [0.25, 0.3) is 0 Å². The van der Waals surface area contributed by atoms with Gasteiger partial charge in [-0.1, -0.05) is 17.7 Å². The molecule has 0 spiro atoms. The van der Waals surface area contributed by atoms with E-state index in [0.717, 1.165) is 11.3 Å². The van der Waals surface area contributed by atoms with Crippen molar-refractivity contribution < 1.29 is 13.2 Å². The van der Waals surface area contributed by atoms with Gasteiger partial charge in [-0.25, -0.2) is 8.42 Å². The van der Waals surface area contributed by atoms with E-state index in [0.29, 0.717) is 26.9 Å². The lowest BCUT2D eigenvalue weighted by molar-refractivity contribution is 0.340. The Balaban J connectivity index is 2.26. The lowest BCUT2D eigenvalue weighted by Crippen LogP contribution is -2.11. The minimum Gasteiger partial charge on any atom is -0.494 e. The largest absolute Gasteiger partial charge is 0.494 e. The molecule has 1 heterocycles. The Bertz CT molecular complexity index is 696. The highest BCUT2D eigenvalue weighted by Crippen LogP contribution is 2.35. The lowest BCUT2D eigenvalue weighted by atomic mass is 10.3. The van der Waals surface area contributed by atoms with Crippen LogP contribution < -0.4 is 9.46 Å². The SMILES string of the molecule is CCOc1cccc(NS(=O)(=O)c2cc(Cl)c(Br)s2)c1. The third kappa shape index (κ3) is 3.66. The van der Waals surface area contributed by atoms with Crippen LogP contribution in [0.5, 0.6) is 5.75 Å². The highest BCUT2D eigenvalue weighted by molar-refractivity contribution is 9.11.